The lowest BCUT2D eigenvalue weighted by Crippen LogP contribution is -2.03. The van der Waals surface area contributed by atoms with Gasteiger partial charge in [-0.2, -0.15) is 5.10 Å². The second-order valence-electron chi connectivity index (χ2n) is 6.96. The largest absolute Gasteiger partial charge is 0.497 e. The first-order chi connectivity index (χ1) is 14.7. The Morgan fingerprint density at radius 1 is 1.03 bits per heavy atom. The van der Waals surface area contributed by atoms with Crippen molar-refractivity contribution in [2.75, 3.05) is 12.4 Å². The SMILES string of the molecule is COc1ccc2c(c1)/C(=C/c1ccc3c(/C=C/c4cccnc4)n[nH]c3c1)C(=O)N2. The van der Waals surface area contributed by atoms with Gasteiger partial charge in [-0.1, -0.05) is 18.2 Å². The van der Waals surface area contributed by atoms with Gasteiger partial charge in [0, 0.05) is 34.6 Å². The van der Waals surface area contributed by atoms with Crippen LogP contribution in [0.1, 0.15) is 22.4 Å². The maximum Gasteiger partial charge on any atom is 0.256 e. The number of rotatable bonds is 4. The summed E-state index contributed by atoms with van der Waals surface area (Å²) in [4.78, 5) is 16.6. The van der Waals surface area contributed by atoms with Crippen molar-refractivity contribution in [2.45, 2.75) is 0 Å². The van der Waals surface area contributed by atoms with Crippen LogP contribution in [-0.4, -0.2) is 28.2 Å². The molecule has 0 radical (unpaired) electrons. The number of pyridine rings is 1. The molecule has 4 aromatic rings. The van der Waals surface area contributed by atoms with Crippen molar-refractivity contribution in [3.8, 4) is 5.75 Å². The summed E-state index contributed by atoms with van der Waals surface area (Å²) in [5, 5.41) is 11.4. The number of fused-ring (bicyclic) bond motifs is 2. The molecule has 0 atom stereocenters. The van der Waals surface area contributed by atoms with Crippen LogP contribution in [0.3, 0.4) is 0 Å². The van der Waals surface area contributed by atoms with Gasteiger partial charge in [0.1, 0.15) is 5.75 Å². The Kier molecular flexibility index (Phi) is 4.37. The second-order valence-corrected chi connectivity index (χ2v) is 6.96. The average Bonchev–Trinajstić information content (AvgIpc) is 3.32. The molecule has 1 amide bonds. The van der Waals surface area contributed by atoms with Gasteiger partial charge < -0.3 is 10.1 Å². The normalized spacial score (nSPS) is 14.4. The predicted octanol–water partition coefficient (Wildman–Crippen LogP) is 4.63. The zero-order valence-corrected chi connectivity index (χ0v) is 16.2. The molecule has 0 unspecified atom stereocenters. The fourth-order valence-corrected chi connectivity index (χ4v) is 3.53. The van der Waals surface area contributed by atoms with Gasteiger partial charge >= 0.3 is 0 Å². The number of hydrogen-bond donors (Lipinski definition) is 2. The van der Waals surface area contributed by atoms with E-state index in [-0.39, 0.29) is 5.91 Å². The summed E-state index contributed by atoms with van der Waals surface area (Å²) in [6.45, 7) is 0. The summed E-state index contributed by atoms with van der Waals surface area (Å²) in [5.41, 5.74) is 5.91. The van der Waals surface area contributed by atoms with Crippen LogP contribution in [0, 0.1) is 0 Å². The van der Waals surface area contributed by atoms with Crippen LogP contribution in [0.5, 0.6) is 5.75 Å². The standard InChI is InChI=1S/C24H18N4O2/c1-30-17-6-9-21-19(13-17)20(24(29)26-21)11-16-4-7-18-22(27-28-23(18)12-16)8-5-15-3-2-10-25-14-15/h2-14H,1H3,(H,26,29)(H,27,28)/b8-5+,20-11-. The molecular formula is C24H18N4O2. The summed E-state index contributed by atoms with van der Waals surface area (Å²) in [6.07, 6.45) is 9.37. The fourth-order valence-electron chi connectivity index (χ4n) is 3.53. The smallest absolute Gasteiger partial charge is 0.256 e. The number of nitrogens with zero attached hydrogens (tertiary/aromatic N) is 2. The molecule has 2 aromatic heterocycles. The van der Waals surface area contributed by atoms with E-state index in [1.807, 2.05) is 66.8 Å². The van der Waals surface area contributed by atoms with Gasteiger partial charge in [0.05, 0.1) is 18.3 Å². The van der Waals surface area contributed by atoms with Crippen molar-refractivity contribution >= 4 is 46.3 Å². The number of hydrogen-bond acceptors (Lipinski definition) is 4. The Labute approximate surface area is 172 Å². The molecular weight excluding hydrogens is 376 g/mol. The third-order valence-corrected chi connectivity index (χ3v) is 5.06. The Bertz CT molecular complexity index is 1320. The van der Waals surface area contributed by atoms with Crippen LogP contribution in [0.4, 0.5) is 5.69 Å². The molecule has 0 aliphatic carbocycles. The molecule has 1 aliphatic heterocycles. The van der Waals surface area contributed by atoms with Gasteiger partial charge in [0.15, 0.2) is 0 Å². The van der Waals surface area contributed by atoms with E-state index >= 15 is 0 Å². The number of benzene rings is 2. The van der Waals surface area contributed by atoms with E-state index in [4.69, 9.17) is 4.74 Å². The summed E-state index contributed by atoms with van der Waals surface area (Å²) in [7, 11) is 1.61. The van der Waals surface area contributed by atoms with E-state index in [2.05, 4.69) is 20.5 Å². The van der Waals surface area contributed by atoms with Crippen molar-refractivity contribution in [3.05, 3.63) is 83.3 Å². The molecule has 6 nitrogen and oxygen atoms in total. The van der Waals surface area contributed by atoms with Gasteiger partial charge in [-0.05, 0) is 59.7 Å². The van der Waals surface area contributed by atoms with Gasteiger partial charge in [0.25, 0.3) is 5.91 Å². The number of anilines is 1. The molecule has 0 saturated heterocycles. The Balaban J connectivity index is 1.49. The van der Waals surface area contributed by atoms with E-state index in [0.29, 0.717) is 11.3 Å². The van der Waals surface area contributed by atoms with Crippen molar-refractivity contribution in [2.24, 2.45) is 0 Å². The highest BCUT2D eigenvalue weighted by molar-refractivity contribution is 6.35. The van der Waals surface area contributed by atoms with Crippen molar-refractivity contribution in [3.63, 3.8) is 0 Å². The van der Waals surface area contributed by atoms with Crippen LogP contribution >= 0.6 is 0 Å². The fraction of sp³-hybridized carbons (Fsp3) is 0.0417. The Morgan fingerprint density at radius 3 is 2.80 bits per heavy atom. The van der Waals surface area contributed by atoms with Gasteiger partial charge in [-0.25, -0.2) is 0 Å². The molecule has 0 fully saturated rings. The number of carbonyl (C=O) groups is 1. The zero-order valence-electron chi connectivity index (χ0n) is 16.2. The second kappa shape index (κ2) is 7.33. The van der Waals surface area contributed by atoms with Crippen molar-refractivity contribution < 1.29 is 9.53 Å². The van der Waals surface area contributed by atoms with Crippen LogP contribution in [0.25, 0.3) is 34.7 Å². The number of aromatic amines is 1. The number of amides is 1. The molecule has 0 bridgehead atoms. The molecule has 5 rings (SSSR count). The summed E-state index contributed by atoms with van der Waals surface area (Å²) in [5.74, 6) is 0.591. The van der Waals surface area contributed by atoms with Gasteiger partial charge in [-0.15, -0.1) is 0 Å². The number of aromatic nitrogens is 3. The monoisotopic (exact) mass is 394 g/mol. The molecule has 0 spiro atoms. The zero-order chi connectivity index (χ0) is 20.5. The lowest BCUT2D eigenvalue weighted by atomic mass is 10.0. The first-order valence-electron chi connectivity index (χ1n) is 9.49. The Hall–Kier alpha value is -4.19. The first-order valence-corrected chi connectivity index (χ1v) is 9.49. The number of ether oxygens (including phenoxy) is 1. The molecule has 2 aromatic carbocycles. The predicted molar refractivity (Wildman–Crippen MR) is 119 cm³/mol. The lowest BCUT2D eigenvalue weighted by Gasteiger charge is -2.03. The van der Waals surface area contributed by atoms with Crippen LogP contribution in [-0.2, 0) is 4.79 Å². The summed E-state index contributed by atoms with van der Waals surface area (Å²) < 4.78 is 5.30. The molecule has 1 aliphatic rings. The number of carbonyl (C=O) groups excluding carboxylic acids is 1. The average molecular weight is 394 g/mol. The van der Waals surface area contributed by atoms with Crippen LogP contribution in [0.2, 0.25) is 0 Å². The van der Waals surface area contributed by atoms with Crippen LogP contribution < -0.4 is 10.1 Å². The van der Waals surface area contributed by atoms with Crippen molar-refractivity contribution in [1.29, 1.82) is 0 Å². The number of nitrogens with one attached hydrogen (secondary N) is 2. The highest BCUT2D eigenvalue weighted by atomic mass is 16.5. The van der Waals surface area contributed by atoms with E-state index in [1.165, 1.54) is 0 Å². The van der Waals surface area contributed by atoms with E-state index < -0.39 is 0 Å². The number of H-pyrrole nitrogens is 1. The molecule has 146 valence electrons. The quantitative estimate of drug-likeness (QED) is 0.495. The molecule has 30 heavy (non-hydrogen) atoms. The van der Waals surface area contributed by atoms with E-state index in [0.717, 1.165) is 39.0 Å². The highest BCUT2D eigenvalue weighted by Gasteiger charge is 2.24. The summed E-state index contributed by atoms with van der Waals surface area (Å²) >= 11 is 0. The maximum atomic E-state index is 12.5. The third-order valence-electron chi connectivity index (χ3n) is 5.06. The maximum absolute atomic E-state index is 12.5. The topological polar surface area (TPSA) is 79.9 Å². The van der Waals surface area contributed by atoms with E-state index in [1.54, 1.807) is 19.5 Å². The third kappa shape index (κ3) is 3.24. The minimum Gasteiger partial charge on any atom is -0.497 e. The van der Waals surface area contributed by atoms with Gasteiger partial charge in [-0.3, -0.25) is 14.9 Å². The highest BCUT2D eigenvalue weighted by Crippen LogP contribution is 2.36. The minimum atomic E-state index is -0.122. The van der Waals surface area contributed by atoms with Gasteiger partial charge in [0.2, 0.25) is 0 Å². The minimum absolute atomic E-state index is 0.122. The molecule has 3 heterocycles. The molecule has 6 heteroatoms. The first kappa shape index (κ1) is 17.9. The molecule has 2 N–H and O–H groups in total. The Morgan fingerprint density at radius 2 is 1.97 bits per heavy atom. The van der Waals surface area contributed by atoms with Crippen molar-refractivity contribution in [1.82, 2.24) is 15.2 Å². The molecule has 0 saturated carbocycles. The number of methoxy groups -OCH3 is 1. The van der Waals surface area contributed by atoms with E-state index in [9.17, 15) is 4.79 Å². The lowest BCUT2D eigenvalue weighted by molar-refractivity contribution is -0.110. The summed E-state index contributed by atoms with van der Waals surface area (Å²) in [6, 6.07) is 15.4. The van der Waals surface area contributed by atoms with Crippen LogP contribution in [0.15, 0.2) is 60.9 Å².